The Kier molecular flexibility index (Phi) is 6.67. The van der Waals surface area contributed by atoms with Crippen molar-refractivity contribution in [3.8, 4) is 0 Å². The molecule has 2 aliphatic rings. The molecule has 170 valence electrons. The highest BCUT2D eigenvalue weighted by molar-refractivity contribution is 6.31. The van der Waals surface area contributed by atoms with Gasteiger partial charge in [-0.1, -0.05) is 54.4 Å². The zero-order valence-corrected chi connectivity index (χ0v) is 19.6. The van der Waals surface area contributed by atoms with Crippen LogP contribution in [0.2, 0.25) is 10.0 Å². The van der Waals surface area contributed by atoms with Gasteiger partial charge >= 0.3 is 0 Å². The van der Waals surface area contributed by atoms with Crippen molar-refractivity contribution in [3.63, 3.8) is 0 Å². The number of aliphatic hydroxyl groups is 1. The first-order valence-corrected chi connectivity index (χ1v) is 11.8. The molecule has 1 aliphatic carbocycles. The van der Waals surface area contributed by atoms with Crippen molar-refractivity contribution in [2.24, 2.45) is 11.3 Å². The minimum absolute atomic E-state index is 0.0259. The molecular weight excluding hydrogens is 448 g/mol. The topological polar surface area (TPSA) is 40.5 Å². The summed E-state index contributed by atoms with van der Waals surface area (Å²) in [6.45, 7) is 5.71. The van der Waals surface area contributed by atoms with E-state index in [4.69, 9.17) is 23.2 Å². The predicted molar refractivity (Wildman–Crippen MR) is 126 cm³/mol. The number of amides is 1. The summed E-state index contributed by atoms with van der Waals surface area (Å²) >= 11 is 12.3. The van der Waals surface area contributed by atoms with E-state index in [0.29, 0.717) is 23.4 Å². The third-order valence-corrected chi connectivity index (χ3v) is 7.51. The highest BCUT2D eigenvalue weighted by atomic mass is 35.5. The van der Waals surface area contributed by atoms with Crippen LogP contribution in [0.5, 0.6) is 0 Å². The molecule has 0 bridgehead atoms. The van der Waals surface area contributed by atoms with Crippen molar-refractivity contribution in [2.45, 2.75) is 50.6 Å². The fraction of sp³-hybridized carbons (Fsp3) is 0.423. The Labute approximate surface area is 198 Å². The van der Waals surface area contributed by atoms with Crippen molar-refractivity contribution < 1.29 is 14.3 Å². The van der Waals surface area contributed by atoms with Crippen LogP contribution in [0.15, 0.2) is 55.1 Å². The molecule has 4 rings (SSSR count). The minimum Gasteiger partial charge on any atom is -0.394 e. The van der Waals surface area contributed by atoms with Crippen LogP contribution in [0, 0.1) is 17.2 Å². The number of likely N-dealkylation sites (tertiary alicyclic amines) is 1. The van der Waals surface area contributed by atoms with Crippen LogP contribution in [0.4, 0.5) is 4.39 Å². The number of carbonyl (C=O) groups excluding carboxylic acids is 1. The van der Waals surface area contributed by atoms with E-state index in [0.717, 1.165) is 18.4 Å². The van der Waals surface area contributed by atoms with E-state index in [9.17, 15) is 14.3 Å². The Morgan fingerprint density at radius 1 is 1.25 bits per heavy atom. The lowest BCUT2D eigenvalue weighted by Gasteiger charge is -2.52. The predicted octanol–water partition coefficient (Wildman–Crippen LogP) is 6.54. The number of rotatable bonds is 7. The molecule has 2 aromatic rings. The lowest BCUT2D eigenvalue weighted by atomic mass is 9.67. The Hall–Kier alpha value is -1.88. The molecule has 0 spiro atoms. The van der Waals surface area contributed by atoms with Crippen molar-refractivity contribution in [3.05, 3.63) is 82.1 Å². The van der Waals surface area contributed by atoms with Gasteiger partial charge in [-0.2, -0.15) is 0 Å². The molecule has 1 unspecified atom stereocenters. The Morgan fingerprint density at radius 2 is 2.00 bits per heavy atom. The van der Waals surface area contributed by atoms with Gasteiger partial charge < -0.3 is 10.0 Å². The van der Waals surface area contributed by atoms with Crippen LogP contribution in [0.1, 0.15) is 55.7 Å². The maximum atomic E-state index is 14.6. The van der Waals surface area contributed by atoms with E-state index in [2.05, 4.69) is 6.58 Å². The molecule has 2 aromatic carbocycles. The number of piperidine rings is 1. The second kappa shape index (κ2) is 9.17. The summed E-state index contributed by atoms with van der Waals surface area (Å²) in [5.41, 5.74) is 0.974. The Balaban J connectivity index is 1.91. The van der Waals surface area contributed by atoms with Gasteiger partial charge in [-0.3, -0.25) is 4.79 Å². The van der Waals surface area contributed by atoms with Gasteiger partial charge in [-0.05, 0) is 67.0 Å². The lowest BCUT2D eigenvalue weighted by molar-refractivity contribution is -0.156. The molecule has 1 heterocycles. The number of carbonyl (C=O) groups is 1. The largest absolute Gasteiger partial charge is 0.394 e. The zero-order chi connectivity index (χ0) is 23.0. The Morgan fingerprint density at radius 3 is 2.59 bits per heavy atom. The fourth-order valence-electron chi connectivity index (χ4n) is 5.23. The van der Waals surface area contributed by atoms with E-state index in [1.54, 1.807) is 12.1 Å². The van der Waals surface area contributed by atoms with Crippen molar-refractivity contribution in [1.82, 2.24) is 4.90 Å². The highest BCUT2D eigenvalue weighted by Crippen LogP contribution is 2.54. The molecular formula is C26H28Cl2FNO2. The molecule has 0 radical (unpaired) electrons. The third kappa shape index (κ3) is 4.33. The summed E-state index contributed by atoms with van der Waals surface area (Å²) in [4.78, 5) is 15.8. The van der Waals surface area contributed by atoms with Gasteiger partial charge in [-0.15, -0.1) is 6.58 Å². The molecule has 3 nitrogen and oxygen atoms in total. The highest BCUT2D eigenvalue weighted by Gasteiger charge is 2.53. The van der Waals surface area contributed by atoms with Gasteiger partial charge in [0.1, 0.15) is 5.82 Å². The number of nitrogens with zero attached hydrogens (tertiary/aromatic N) is 1. The normalized spacial score (nSPS) is 26.8. The summed E-state index contributed by atoms with van der Waals surface area (Å²) in [6.07, 6.45) is 4.79. The molecule has 4 atom stereocenters. The number of allylic oxidation sites excluding steroid dienone is 1. The summed E-state index contributed by atoms with van der Waals surface area (Å²) in [7, 11) is 0. The van der Waals surface area contributed by atoms with Crippen LogP contribution >= 0.6 is 23.2 Å². The fourth-order valence-corrected chi connectivity index (χ4v) is 5.55. The summed E-state index contributed by atoms with van der Waals surface area (Å²) < 4.78 is 14.6. The number of halogens is 3. The lowest BCUT2D eigenvalue weighted by Crippen LogP contribution is -2.57. The second-order valence-electron chi connectivity index (χ2n) is 9.34. The molecule has 1 aliphatic heterocycles. The van der Waals surface area contributed by atoms with E-state index >= 15 is 0 Å². The minimum atomic E-state index is -0.682. The zero-order valence-electron chi connectivity index (χ0n) is 18.1. The molecule has 1 saturated heterocycles. The van der Waals surface area contributed by atoms with Crippen molar-refractivity contribution >= 4 is 29.1 Å². The molecule has 32 heavy (non-hydrogen) atoms. The van der Waals surface area contributed by atoms with E-state index in [1.165, 1.54) is 12.1 Å². The van der Waals surface area contributed by atoms with E-state index in [1.807, 2.05) is 36.1 Å². The van der Waals surface area contributed by atoms with Gasteiger partial charge in [0.05, 0.1) is 29.1 Å². The van der Waals surface area contributed by atoms with Crippen LogP contribution in [-0.4, -0.2) is 28.6 Å². The number of aliphatic hydroxyl groups excluding tert-OH is 1. The number of hydrogen-bond donors (Lipinski definition) is 1. The number of hydrogen-bond acceptors (Lipinski definition) is 2. The van der Waals surface area contributed by atoms with Crippen molar-refractivity contribution in [1.29, 1.82) is 0 Å². The molecule has 6 heteroatoms. The molecule has 1 N–H and O–H groups in total. The van der Waals surface area contributed by atoms with Gasteiger partial charge in [0.15, 0.2) is 0 Å². The van der Waals surface area contributed by atoms with Crippen molar-refractivity contribution in [2.75, 3.05) is 6.61 Å². The molecule has 0 aromatic heterocycles. The second-order valence-corrected chi connectivity index (χ2v) is 10.2. The quantitative estimate of drug-likeness (QED) is 0.461. The first-order chi connectivity index (χ1) is 15.3. The average Bonchev–Trinajstić information content (AvgIpc) is 3.59. The average molecular weight is 476 g/mol. The SMILES string of the molecule is C=CC[C@@]1(C)C[C@H](c2cccc(Cl)c2)[C@@H](c2ccc(Cl)c(F)c2)N(C(CO)C2CC2)C1=O. The molecule has 1 amide bonds. The molecule has 2 fully saturated rings. The monoisotopic (exact) mass is 475 g/mol. The summed E-state index contributed by atoms with van der Waals surface area (Å²) in [5, 5.41) is 11.0. The van der Waals surface area contributed by atoms with E-state index in [-0.39, 0.29) is 35.4 Å². The maximum absolute atomic E-state index is 14.6. The van der Waals surface area contributed by atoms with Gasteiger partial charge in [0, 0.05) is 10.9 Å². The number of benzene rings is 2. The van der Waals surface area contributed by atoms with Crippen LogP contribution in [0.3, 0.4) is 0 Å². The van der Waals surface area contributed by atoms with Crippen LogP contribution in [-0.2, 0) is 4.79 Å². The van der Waals surface area contributed by atoms with Gasteiger partial charge in [0.2, 0.25) is 5.91 Å². The molecule has 1 saturated carbocycles. The van der Waals surface area contributed by atoms with Gasteiger partial charge in [0.25, 0.3) is 0 Å². The standard InChI is InChI=1S/C26H28Cl2FNO2/c1-3-11-26(2)14-20(17-5-4-6-19(27)12-17)24(18-9-10-21(28)22(29)13-18)30(25(26)32)23(15-31)16-7-8-16/h3-6,9-10,12-13,16,20,23-24,31H,1,7-8,11,14-15H2,2H3/t20-,23?,24-,26+/m1/s1. The van der Waals surface area contributed by atoms with Crippen LogP contribution < -0.4 is 0 Å². The maximum Gasteiger partial charge on any atom is 0.229 e. The first-order valence-electron chi connectivity index (χ1n) is 11.0. The smallest absolute Gasteiger partial charge is 0.229 e. The summed E-state index contributed by atoms with van der Waals surface area (Å²) in [6, 6.07) is 11.6. The summed E-state index contributed by atoms with van der Waals surface area (Å²) in [5.74, 6) is -0.436. The third-order valence-electron chi connectivity index (χ3n) is 6.97. The van der Waals surface area contributed by atoms with E-state index < -0.39 is 17.3 Å². The van der Waals surface area contributed by atoms with Crippen LogP contribution in [0.25, 0.3) is 0 Å². The Bertz CT molecular complexity index is 1020. The first kappa shape index (κ1) is 23.3. The van der Waals surface area contributed by atoms with Gasteiger partial charge in [-0.25, -0.2) is 4.39 Å².